The second-order valence-corrected chi connectivity index (χ2v) is 13.5. The molecule has 16 heteroatoms. The number of sulfone groups is 1. The zero-order valence-corrected chi connectivity index (χ0v) is 25.0. The fourth-order valence-corrected chi connectivity index (χ4v) is 8.23. The number of hydrogen-bond donors (Lipinski definition) is 0. The van der Waals surface area contributed by atoms with Gasteiger partial charge < -0.3 is 14.4 Å². The maximum absolute atomic E-state index is 14.4. The molecule has 254 valence electrons. The summed E-state index contributed by atoms with van der Waals surface area (Å²) < 4.78 is 164. The van der Waals surface area contributed by atoms with Gasteiger partial charge in [-0.05, 0) is 54.8 Å². The van der Waals surface area contributed by atoms with Crippen LogP contribution in [0.3, 0.4) is 0 Å². The zero-order valence-electron chi connectivity index (χ0n) is 24.2. The van der Waals surface area contributed by atoms with Crippen molar-refractivity contribution in [1.29, 1.82) is 0 Å². The van der Waals surface area contributed by atoms with Crippen molar-refractivity contribution in [3.63, 3.8) is 0 Å². The van der Waals surface area contributed by atoms with E-state index in [2.05, 4.69) is 4.74 Å². The normalized spacial score (nSPS) is 21.0. The van der Waals surface area contributed by atoms with Gasteiger partial charge in [-0.15, -0.1) is 0 Å². The average molecular weight is 696 g/mol. The van der Waals surface area contributed by atoms with Crippen LogP contribution >= 0.6 is 0 Å². The molecule has 6 nitrogen and oxygen atoms in total. The van der Waals surface area contributed by atoms with Crippen molar-refractivity contribution in [2.45, 2.75) is 47.0 Å². The molecule has 1 heterocycles. The van der Waals surface area contributed by atoms with Crippen molar-refractivity contribution >= 4 is 15.7 Å². The summed E-state index contributed by atoms with van der Waals surface area (Å²) in [6, 6.07) is 8.08. The minimum Gasteiger partial charge on any atom is -0.378 e. The summed E-state index contributed by atoms with van der Waals surface area (Å²) in [6.45, 7) is -0.756. The molecule has 2 fully saturated rings. The van der Waals surface area contributed by atoms with Gasteiger partial charge in [0, 0.05) is 30.1 Å². The molecule has 1 saturated carbocycles. The molecule has 2 aliphatic rings. The number of halogens is 9. The molecule has 1 aliphatic carbocycles. The Hall–Kier alpha value is -3.63. The van der Waals surface area contributed by atoms with Crippen LogP contribution in [-0.4, -0.2) is 57.9 Å². The van der Waals surface area contributed by atoms with E-state index in [-0.39, 0.29) is 49.6 Å². The number of benzene rings is 3. The van der Waals surface area contributed by atoms with E-state index in [4.69, 9.17) is 4.74 Å². The highest BCUT2D eigenvalue weighted by Gasteiger charge is 2.73. The smallest absolute Gasteiger partial charge is 0.378 e. The Morgan fingerprint density at radius 2 is 1.36 bits per heavy atom. The van der Waals surface area contributed by atoms with E-state index in [1.807, 2.05) is 0 Å². The Labute approximate surface area is 263 Å². The third kappa shape index (κ3) is 5.99. The third-order valence-electron chi connectivity index (χ3n) is 8.57. The molecule has 0 spiro atoms. The minimum atomic E-state index is -6.21. The Balaban J connectivity index is 1.56. The lowest BCUT2D eigenvalue weighted by Crippen LogP contribution is -2.56. The molecule has 3 aromatic carbocycles. The number of hydrogen-bond acceptors (Lipinski definition) is 5. The lowest BCUT2D eigenvalue weighted by Gasteiger charge is -2.48. The van der Waals surface area contributed by atoms with Gasteiger partial charge in [0.2, 0.25) is 5.91 Å². The Bertz CT molecular complexity index is 1680. The SMILES string of the molecule is O=C(C1CC(c2ccc(C(OCc3c(F)cccc3F)(C(F)(F)F)C(F)(F)F)cc2)(S(=O)(=O)c2ccc(F)cc2)C1)N1CCOCC1. The molecule has 0 radical (unpaired) electrons. The number of amides is 1. The van der Waals surface area contributed by atoms with Gasteiger partial charge in [-0.1, -0.05) is 30.3 Å². The van der Waals surface area contributed by atoms with Crippen LogP contribution in [0.25, 0.3) is 0 Å². The first kappa shape index (κ1) is 34.7. The molecule has 3 aromatic rings. The van der Waals surface area contributed by atoms with E-state index in [0.717, 1.165) is 42.5 Å². The van der Waals surface area contributed by atoms with Crippen molar-refractivity contribution < 1.29 is 62.2 Å². The van der Waals surface area contributed by atoms with E-state index in [1.165, 1.54) is 4.90 Å². The predicted octanol–water partition coefficient (Wildman–Crippen LogP) is 6.58. The quantitative estimate of drug-likeness (QED) is 0.197. The standard InChI is InChI=1S/C31H26F9NO5S/c32-22-8-10-23(11-9-22)47(43,44)28(16-19(17-28)27(42)41-12-14-45-15-13-41)20-4-6-21(7-5-20)29(30(35,36)37,31(38,39)40)46-18-24-25(33)2-1-3-26(24)34/h1-11,19H,12-18H2. The third-order valence-corrected chi connectivity index (χ3v) is 11.1. The van der Waals surface area contributed by atoms with Crippen LogP contribution in [0, 0.1) is 23.4 Å². The highest BCUT2D eigenvalue weighted by Crippen LogP contribution is 2.57. The summed E-state index contributed by atoms with van der Waals surface area (Å²) in [6.07, 6.45) is -13.2. The van der Waals surface area contributed by atoms with E-state index in [0.29, 0.717) is 24.3 Å². The van der Waals surface area contributed by atoms with Crippen molar-refractivity contribution in [1.82, 2.24) is 4.90 Å². The van der Waals surface area contributed by atoms with Crippen molar-refractivity contribution in [2.75, 3.05) is 26.3 Å². The van der Waals surface area contributed by atoms with Gasteiger partial charge >= 0.3 is 12.4 Å². The number of carbonyl (C=O) groups is 1. The fourth-order valence-electron chi connectivity index (χ4n) is 6.00. The summed E-state index contributed by atoms with van der Waals surface area (Å²) in [4.78, 5) is 14.3. The van der Waals surface area contributed by atoms with Crippen molar-refractivity contribution in [3.05, 3.63) is 101 Å². The minimum absolute atomic E-state index is 0.227. The first-order valence-corrected chi connectivity index (χ1v) is 15.6. The fraction of sp³-hybridized carbons (Fsp3) is 0.387. The Kier molecular flexibility index (Phi) is 9.18. The molecule has 5 rings (SSSR count). The van der Waals surface area contributed by atoms with Crippen LogP contribution in [0.5, 0.6) is 0 Å². The number of morpholine rings is 1. The molecule has 0 atom stereocenters. The number of nitrogens with zero attached hydrogens (tertiary/aromatic N) is 1. The molecule has 1 saturated heterocycles. The first-order chi connectivity index (χ1) is 21.9. The number of carbonyl (C=O) groups excluding carboxylic acids is 1. The lowest BCUT2D eigenvalue weighted by atomic mass is 9.69. The summed E-state index contributed by atoms with van der Waals surface area (Å²) in [5.41, 5.74) is -8.01. The van der Waals surface area contributed by atoms with E-state index >= 15 is 0 Å². The van der Waals surface area contributed by atoms with Crippen LogP contribution in [-0.2, 0) is 41.1 Å². The monoisotopic (exact) mass is 695 g/mol. The van der Waals surface area contributed by atoms with Gasteiger partial charge in [-0.2, -0.15) is 26.3 Å². The van der Waals surface area contributed by atoms with E-state index < -0.39 is 79.5 Å². The predicted molar refractivity (Wildman–Crippen MR) is 147 cm³/mol. The summed E-state index contributed by atoms with van der Waals surface area (Å²) in [7, 11) is -4.51. The molecule has 1 amide bonds. The van der Waals surface area contributed by atoms with Gasteiger partial charge in [-0.25, -0.2) is 21.6 Å². The lowest BCUT2D eigenvalue weighted by molar-refractivity contribution is -0.392. The van der Waals surface area contributed by atoms with Crippen molar-refractivity contribution in [3.8, 4) is 0 Å². The van der Waals surface area contributed by atoms with Crippen LogP contribution in [0.1, 0.15) is 29.5 Å². The topological polar surface area (TPSA) is 72.9 Å². The summed E-state index contributed by atoms with van der Waals surface area (Å²) in [5, 5.41) is 0. The zero-order chi connectivity index (χ0) is 34.4. The second-order valence-electron chi connectivity index (χ2n) is 11.2. The van der Waals surface area contributed by atoms with Gasteiger partial charge in [0.1, 0.15) is 22.2 Å². The molecule has 0 bridgehead atoms. The second kappa shape index (κ2) is 12.4. The Morgan fingerprint density at radius 1 is 0.830 bits per heavy atom. The summed E-state index contributed by atoms with van der Waals surface area (Å²) >= 11 is 0. The van der Waals surface area contributed by atoms with Crippen LogP contribution in [0.15, 0.2) is 71.6 Å². The van der Waals surface area contributed by atoms with Gasteiger partial charge in [0.05, 0.1) is 24.7 Å². The molecular formula is C31H26F9NO5S. The first-order valence-electron chi connectivity index (χ1n) is 14.1. The average Bonchev–Trinajstić information content (AvgIpc) is 2.98. The largest absolute Gasteiger partial charge is 0.430 e. The van der Waals surface area contributed by atoms with Crippen LogP contribution in [0.4, 0.5) is 39.5 Å². The maximum atomic E-state index is 14.4. The van der Waals surface area contributed by atoms with Gasteiger partial charge in [-0.3, -0.25) is 4.79 Å². The number of alkyl halides is 6. The number of rotatable bonds is 8. The maximum Gasteiger partial charge on any atom is 0.430 e. The van der Waals surface area contributed by atoms with Crippen molar-refractivity contribution in [2.24, 2.45) is 5.92 Å². The van der Waals surface area contributed by atoms with E-state index in [1.54, 1.807) is 0 Å². The van der Waals surface area contributed by atoms with Crippen LogP contribution in [0.2, 0.25) is 0 Å². The van der Waals surface area contributed by atoms with E-state index in [9.17, 15) is 52.7 Å². The van der Waals surface area contributed by atoms with Crippen LogP contribution < -0.4 is 0 Å². The molecule has 0 N–H and O–H groups in total. The van der Waals surface area contributed by atoms with Gasteiger partial charge in [0.15, 0.2) is 9.84 Å². The molecule has 47 heavy (non-hydrogen) atoms. The summed E-state index contributed by atoms with van der Waals surface area (Å²) in [5.74, 6) is -4.87. The highest BCUT2D eigenvalue weighted by molar-refractivity contribution is 7.92. The van der Waals surface area contributed by atoms with Gasteiger partial charge in [0.25, 0.3) is 5.60 Å². The molecule has 1 aliphatic heterocycles. The molecule has 0 unspecified atom stereocenters. The highest BCUT2D eigenvalue weighted by atomic mass is 32.2. The number of ether oxygens (including phenoxy) is 2. The molecule has 0 aromatic heterocycles. The molecular weight excluding hydrogens is 669 g/mol. The Morgan fingerprint density at radius 3 is 1.87 bits per heavy atom.